The summed E-state index contributed by atoms with van der Waals surface area (Å²) >= 11 is 0. The third-order valence-electron chi connectivity index (χ3n) is 3.55. The fourth-order valence-corrected chi connectivity index (χ4v) is 2.62. The molecule has 4 nitrogen and oxygen atoms in total. The third-order valence-corrected chi connectivity index (χ3v) is 3.55. The van der Waals surface area contributed by atoms with Crippen LogP contribution in [0.3, 0.4) is 0 Å². The van der Waals surface area contributed by atoms with Crippen LogP contribution in [0.1, 0.15) is 67.2 Å². The lowest BCUT2D eigenvalue weighted by Crippen LogP contribution is -2.14. The monoisotopic (exact) mass is 310 g/mol. The van der Waals surface area contributed by atoms with Crippen molar-refractivity contribution in [1.82, 2.24) is 0 Å². The van der Waals surface area contributed by atoms with Crippen LogP contribution in [0, 0.1) is 0 Å². The van der Waals surface area contributed by atoms with Gasteiger partial charge in [0.05, 0.1) is 13.2 Å². The molecule has 0 aromatic rings. The molecule has 0 spiro atoms. The van der Waals surface area contributed by atoms with Gasteiger partial charge >= 0.3 is 11.9 Å². The molecular weight excluding hydrogens is 280 g/mol. The molecule has 0 unspecified atom stereocenters. The van der Waals surface area contributed by atoms with Crippen LogP contribution in [0.5, 0.6) is 0 Å². The maximum Gasteiger partial charge on any atom is 0.334 e. The van der Waals surface area contributed by atoms with E-state index in [1.54, 1.807) is 13.8 Å². The van der Waals surface area contributed by atoms with Gasteiger partial charge in [-0.3, -0.25) is 0 Å². The number of ether oxygens (including phenoxy) is 2. The predicted molar refractivity (Wildman–Crippen MR) is 88.5 cm³/mol. The average molecular weight is 310 g/mol. The quantitative estimate of drug-likeness (QED) is 0.361. The molecular formula is C18H30O4. The molecule has 0 N–H and O–H groups in total. The summed E-state index contributed by atoms with van der Waals surface area (Å²) in [5.74, 6) is -0.570. The van der Waals surface area contributed by atoms with Crippen LogP contribution < -0.4 is 0 Å². The number of carbonyl (C=O) groups is 2. The lowest BCUT2D eigenvalue weighted by atomic mass is 9.89. The topological polar surface area (TPSA) is 52.6 Å². The molecule has 0 aliphatic heterocycles. The zero-order valence-corrected chi connectivity index (χ0v) is 14.9. The zero-order chi connectivity index (χ0) is 17.1. The summed E-state index contributed by atoms with van der Waals surface area (Å²) in [6, 6.07) is 0. The Kier molecular flexibility index (Phi) is 10.3. The van der Waals surface area contributed by atoms with Gasteiger partial charge in [-0.05, 0) is 50.7 Å². The molecule has 0 aliphatic carbocycles. The Labute approximate surface area is 134 Å². The fraction of sp³-hybridized carbons (Fsp3) is 0.667. The molecule has 0 radical (unpaired) electrons. The van der Waals surface area contributed by atoms with E-state index in [0.717, 1.165) is 11.1 Å². The summed E-state index contributed by atoms with van der Waals surface area (Å²) in [5.41, 5.74) is 3.18. The molecule has 0 aromatic carbocycles. The Morgan fingerprint density at radius 1 is 0.545 bits per heavy atom. The van der Waals surface area contributed by atoms with Crippen molar-refractivity contribution in [1.29, 1.82) is 0 Å². The minimum Gasteiger partial charge on any atom is -0.463 e. The Hall–Kier alpha value is -1.58. The van der Waals surface area contributed by atoms with E-state index < -0.39 is 0 Å². The van der Waals surface area contributed by atoms with Gasteiger partial charge in [-0.25, -0.2) is 9.59 Å². The van der Waals surface area contributed by atoms with Gasteiger partial charge in [-0.2, -0.15) is 0 Å². The maximum atomic E-state index is 12.2. The van der Waals surface area contributed by atoms with E-state index in [1.165, 1.54) is 0 Å². The van der Waals surface area contributed by atoms with Crippen molar-refractivity contribution in [2.24, 2.45) is 0 Å². The first-order valence-corrected chi connectivity index (χ1v) is 8.30. The first-order valence-electron chi connectivity index (χ1n) is 8.30. The van der Waals surface area contributed by atoms with Gasteiger partial charge < -0.3 is 9.47 Å². The van der Waals surface area contributed by atoms with Gasteiger partial charge in [0.15, 0.2) is 0 Å². The van der Waals surface area contributed by atoms with Crippen LogP contribution in [0.15, 0.2) is 22.3 Å². The predicted octanol–water partition coefficient (Wildman–Crippen LogP) is 4.35. The molecule has 0 rings (SSSR count). The number of carbonyl (C=O) groups excluding carboxylic acids is 2. The molecule has 0 saturated heterocycles. The van der Waals surface area contributed by atoms with Crippen LogP contribution in [0.2, 0.25) is 0 Å². The van der Waals surface area contributed by atoms with Gasteiger partial charge in [0.2, 0.25) is 0 Å². The molecule has 0 heterocycles. The van der Waals surface area contributed by atoms with E-state index in [-0.39, 0.29) is 11.9 Å². The van der Waals surface area contributed by atoms with E-state index in [1.807, 2.05) is 27.7 Å². The first kappa shape index (κ1) is 20.4. The van der Waals surface area contributed by atoms with Crippen molar-refractivity contribution < 1.29 is 19.1 Å². The third kappa shape index (κ3) is 5.32. The summed E-state index contributed by atoms with van der Waals surface area (Å²) < 4.78 is 10.3. The maximum absolute atomic E-state index is 12.2. The SMILES string of the molecule is CCOC(=O)/C(CC)=C(CC)\C(CC)=C(\CC)C(=O)OCC. The molecule has 0 atom stereocenters. The summed E-state index contributed by atoms with van der Waals surface area (Å²) in [6.45, 7) is 12.2. The number of hydrogen-bond donors (Lipinski definition) is 0. The molecule has 126 valence electrons. The normalized spacial score (nSPS) is 13.2. The lowest BCUT2D eigenvalue weighted by Gasteiger charge is -2.18. The largest absolute Gasteiger partial charge is 0.463 e. The van der Waals surface area contributed by atoms with E-state index >= 15 is 0 Å². The van der Waals surface area contributed by atoms with Crippen molar-refractivity contribution in [3.8, 4) is 0 Å². The molecule has 0 fully saturated rings. The van der Waals surface area contributed by atoms with Crippen LogP contribution in [-0.4, -0.2) is 25.2 Å². The summed E-state index contributed by atoms with van der Waals surface area (Å²) in [7, 11) is 0. The number of hydrogen-bond acceptors (Lipinski definition) is 4. The van der Waals surface area contributed by atoms with Gasteiger partial charge in [0.1, 0.15) is 0 Å². The molecule has 0 aliphatic rings. The summed E-state index contributed by atoms with van der Waals surface area (Å²) in [6.07, 6.45) is 2.55. The number of esters is 2. The highest BCUT2D eigenvalue weighted by Crippen LogP contribution is 2.29. The van der Waals surface area contributed by atoms with Gasteiger partial charge in [-0.1, -0.05) is 27.7 Å². The number of rotatable bonds is 9. The minimum atomic E-state index is -0.285. The molecule has 22 heavy (non-hydrogen) atoms. The Balaban J connectivity index is 6.08. The number of allylic oxidation sites excluding steroid dienone is 2. The fourth-order valence-electron chi connectivity index (χ4n) is 2.62. The molecule has 4 heteroatoms. The minimum absolute atomic E-state index is 0.285. The van der Waals surface area contributed by atoms with Crippen molar-refractivity contribution in [2.75, 3.05) is 13.2 Å². The van der Waals surface area contributed by atoms with Gasteiger partial charge in [0, 0.05) is 11.1 Å². The van der Waals surface area contributed by atoms with Crippen molar-refractivity contribution in [3.63, 3.8) is 0 Å². The van der Waals surface area contributed by atoms with Crippen LogP contribution >= 0.6 is 0 Å². The van der Waals surface area contributed by atoms with Crippen molar-refractivity contribution in [2.45, 2.75) is 67.2 Å². The van der Waals surface area contributed by atoms with Gasteiger partial charge in [0.25, 0.3) is 0 Å². The Morgan fingerprint density at radius 2 is 0.818 bits per heavy atom. The van der Waals surface area contributed by atoms with Crippen molar-refractivity contribution >= 4 is 11.9 Å². The van der Waals surface area contributed by atoms with E-state index in [0.29, 0.717) is 50.0 Å². The second-order valence-corrected chi connectivity index (χ2v) is 4.77. The van der Waals surface area contributed by atoms with Crippen LogP contribution in [-0.2, 0) is 19.1 Å². The smallest absolute Gasteiger partial charge is 0.334 e. The highest BCUT2D eigenvalue weighted by Gasteiger charge is 2.21. The molecule has 0 saturated carbocycles. The second kappa shape index (κ2) is 11.0. The van der Waals surface area contributed by atoms with E-state index in [2.05, 4.69) is 0 Å². The molecule has 0 amide bonds. The average Bonchev–Trinajstić information content (AvgIpc) is 2.50. The van der Waals surface area contributed by atoms with Crippen LogP contribution in [0.25, 0.3) is 0 Å². The van der Waals surface area contributed by atoms with Crippen molar-refractivity contribution in [3.05, 3.63) is 22.3 Å². The van der Waals surface area contributed by atoms with E-state index in [4.69, 9.17) is 9.47 Å². The Bertz CT molecular complexity index is 402. The molecule has 0 bridgehead atoms. The standard InChI is InChI=1S/C18H30O4/c1-7-13(15(9-3)17(19)21-11-5)14(8-2)16(10-4)18(20)22-12-6/h7-12H2,1-6H3/b15-13-,16-14-. The highest BCUT2D eigenvalue weighted by molar-refractivity contribution is 5.93. The summed E-state index contributed by atoms with van der Waals surface area (Å²) in [4.78, 5) is 24.4. The lowest BCUT2D eigenvalue weighted by molar-refractivity contribution is -0.139. The first-order chi connectivity index (χ1) is 10.5. The molecule has 0 aromatic heterocycles. The summed E-state index contributed by atoms with van der Waals surface area (Å²) in [5, 5.41) is 0. The van der Waals surface area contributed by atoms with Gasteiger partial charge in [-0.15, -0.1) is 0 Å². The van der Waals surface area contributed by atoms with E-state index in [9.17, 15) is 9.59 Å². The zero-order valence-electron chi connectivity index (χ0n) is 14.9. The Morgan fingerprint density at radius 3 is 1.00 bits per heavy atom. The van der Waals surface area contributed by atoms with Crippen LogP contribution in [0.4, 0.5) is 0 Å². The highest BCUT2D eigenvalue weighted by atomic mass is 16.5. The second-order valence-electron chi connectivity index (χ2n) is 4.77.